The minimum Gasteiger partial charge on any atom is -0.492 e. The zero-order valence-corrected chi connectivity index (χ0v) is 63.5. The summed E-state index contributed by atoms with van der Waals surface area (Å²) in [6.07, 6.45) is 38.0. The van der Waals surface area contributed by atoms with Crippen molar-refractivity contribution in [1.82, 2.24) is 0 Å². The van der Waals surface area contributed by atoms with Gasteiger partial charge in [0.15, 0.2) is 65.2 Å². The molecule has 0 radical (unpaired) electrons. The number of carbonyl (C=O) groups is 9. The van der Waals surface area contributed by atoms with E-state index in [0.29, 0.717) is 180 Å². The van der Waals surface area contributed by atoms with Gasteiger partial charge in [-0.25, -0.2) is 0 Å². The van der Waals surface area contributed by atoms with Crippen molar-refractivity contribution in [2.45, 2.75) is 125 Å². The average Bonchev–Trinajstić information content (AvgIpc) is 0.734. The summed E-state index contributed by atoms with van der Waals surface area (Å²) in [5, 5.41) is 0.583. The standard InChI is InChI=1S/C17H14O4S.3C17H16O3S.C15H18O3S/c1-4-6-13-10(5-2)15(20)14-9(3)11(7-18)17(22)12(8-19)16(14)21-13;1-5-7-11-13(6-2)20-16-12(15(11)19)8-9(3)17(21)14(16)10(4)18;1-2-3-4-5-6-7-13-16-14(15(19)8-9-20-16)10-12(11-18)17(13)21;1-2-3-4-5-6-7-12-10-13-15(19)8-9-20-16(13)14(11-18)17(12)21;1-3-4-5-12(16)11-8-10-13(17)6-7-18-14(10)9(2)15(11)19/h4-8,22H,2H2,1,3H3;5-8,21H,2H2,1,3-4H3;2*2-7,10-11,21H,8-9H2,1H3;8,19H,3-7H2,1-2H3/b6-4+;7-5+;2*3-2+,5-4+,7-6+;. The molecule has 0 fully saturated rings. The third kappa shape index (κ3) is 19.1. The van der Waals surface area contributed by atoms with E-state index in [1.807, 2.05) is 108 Å². The number of unbranched alkanes of at least 4 members (excludes halogenated alkanes) is 1. The van der Waals surface area contributed by atoms with Crippen LogP contribution in [0, 0.1) is 20.8 Å². The Balaban J connectivity index is 0.000000204. The molecule has 16 nitrogen and oxygen atoms in total. The van der Waals surface area contributed by atoms with Crippen LogP contribution in [0.3, 0.4) is 0 Å². The molecule has 2 aromatic heterocycles. The fourth-order valence-corrected chi connectivity index (χ4v) is 12.6. The van der Waals surface area contributed by atoms with Gasteiger partial charge in [0.25, 0.3) is 0 Å². The van der Waals surface area contributed by atoms with Crippen molar-refractivity contribution < 1.29 is 66.2 Å². The number of rotatable bonds is 19. The van der Waals surface area contributed by atoms with Crippen molar-refractivity contribution in [3.8, 4) is 17.2 Å². The van der Waals surface area contributed by atoms with E-state index in [1.54, 1.807) is 68.5 Å². The normalized spacial score (nSPS) is 13.2. The Morgan fingerprint density at radius 3 is 1.52 bits per heavy atom. The molecule has 3 aliphatic rings. The molecule has 5 aromatic carbocycles. The van der Waals surface area contributed by atoms with E-state index < -0.39 is 0 Å². The summed E-state index contributed by atoms with van der Waals surface area (Å²) in [5.74, 6) is 2.01. The van der Waals surface area contributed by atoms with Crippen molar-refractivity contribution in [3.05, 3.63) is 231 Å². The van der Waals surface area contributed by atoms with Gasteiger partial charge >= 0.3 is 0 Å². The first-order valence-electron chi connectivity index (χ1n) is 33.0. The van der Waals surface area contributed by atoms with Gasteiger partial charge in [-0.3, -0.25) is 52.7 Å². The number of ether oxygens (including phenoxy) is 3. The van der Waals surface area contributed by atoms with E-state index >= 15 is 0 Å². The molecule has 538 valence electrons. The lowest BCUT2D eigenvalue weighted by Gasteiger charge is -2.21. The van der Waals surface area contributed by atoms with Gasteiger partial charge in [-0.1, -0.05) is 124 Å². The lowest BCUT2D eigenvalue weighted by atomic mass is 9.95. The van der Waals surface area contributed by atoms with E-state index in [0.717, 1.165) is 29.5 Å². The number of aldehydes is 4. The Labute approximate surface area is 631 Å². The summed E-state index contributed by atoms with van der Waals surface area (Å²) < 4.78 is 28.1. The maximum atomic E-state index is 12.7. The summed E-state index contributed by atoms with van der Waals surface area (Å²) in [4.78, 5) is 133. The molecule has 3 aliphatic heterocycles. The Morgan fingerprint density at radius 1 is 0.481 bits per heavy atom. The van der Waals surface area contributed by atoms with Crippen LogP contribution in [0.5, 0.6) is 17.2 Å². The number of hydrogen-bond donors (Lipinski definition) is 5. The second kappa shape index (κ2) is 39.7. The summed E-state index contributed by atoms with van der Waals surface area (Å²) in [6, 6.07) is 6.64. The number of aryl methyl sites for hydroxylation is 2. The summed E-state index contributed by atoms with van der Waals surface area (Å²) in [7, 11) is 0. The Morgan fingerprint density at radius 2 is 1.00 bits per heavy atom. The van der Waals surface area contributed by atoms with Gasteiger partial charge in [0.2, 0.25) is 10.9 Å². The number of benzene rings is 5. The van der Waals surface area contributed by atoms with Gasteiger partial charge in [0.05, 0.1) is 75.1 Å². The zero-order valence-electron chi connectivity index (χ0n) is 59.1. The van der Waals surface area contributed by atoms with Gasteiger partial charge in [0.1, 0.15) is 28.8 Å². The highest BCUT2D eigenvalue weighted by atomic mass is 32.1. The van der Waals surface area contributed by atoms with E-state index in [9.17, 15) is 52.7 Å². The van der Waals surface area contributed by atoms with E-state index in [2.05, 4.69) is 76.3 Å². The molecule has 104 heavy (non-hydrogen) atoms. The van der Waals surface area contributed by atoms with Gasteiger partial charge in [-0.15, -0.1) is 63.1 Å². The van der Waals surface area contributed by atoms with Crippen LogP contribution in [0.2, 0.25) is 0 Å². The number of Topliss-reactive ketones (excluding diaryl/α,β-unsaturated/α-hetero) is 5. The van der Waals surface area contributed by atoms with E-state index in [4.69, 9.17) is 23.0 Å². The first kappa shape index (κ1) is 83.1. The molecule has 0 saturated carbocycles. The highest BCUT2D eigenvalue weighted by molar-refractivity contribution is 7.81. The molecule has 21 heteroatoms. The highest BCUT2D eigenvalue weighted by Crippen LogP contribution is 2.40. The van der Waals surface area contributed by atoms with Crippen LogP contribution < -0.4 is 25.1 Å². The van der Waals surface area contributed by atoms with Crippen LogP contribution in [0.25, 0.3) is 58.4 Å². The van der Waals surface area contributed by atoms with Gasteiger partial charge in [-0.05, 0) is 115 Å². The summed E-state index contributed by atoms with van der Waals surface area (Å²) >= 11 is 21.8. The van der Waals surface area contributed by atoms with Crippen molar-refractivity contribution in [2.24, 2.45) is 0 Å². The molecule has 0 saturated heterocycles. The molecule has 0 spiro atoms. The summed E-state index contributed by atoms with van der Waals surface area (Å²) in [5.41, 5.74) is 7.33. The van der Waals surface area contributed by atoms with Gasteiger partial charge < -0.3 is 23.0 Å². The van der Waals surface area contributed by atoms with Gasteiger partial charge in [-0.2, -0.15) is 0 Å². The van der Waals surface area contributed by atoms with Crippen LogP contribution in [0.4, 0.5) is 0 Å². The molecule has 10 rings (SSSR count). The van der Waals surface area contributed by atoms with Crippen LogP contribution >= 0.6 is 63.1 Å². The largest absolute Gasteiger partial charge is 0.492 e. The van der Waals surface area contributed by atoms with Crippen LogP contribution in [-0.2, 0) is 0 Å². The zero-order chi connectivity index (χ0) is 76.6. The Hall–Kier alpha value is -9.90. The van der Waals surface area contributed by atoms with Crippen molar-refractivity contribution >= 4 is 176 Å². The predicted molar refractivity (Wildman–Crippen MR) is 429 cm³/mol. The first-order valence-corrected chi connectivity index (χ1v) is 35.2. The number of thiol groups is 5. The monoisotopic (exact) mass is 1490 g/mol. The molecule has 7 aromatic rings. The van der Waals surface area contributed by atoms with Crippen molar-refractivity contribution in [2.75, 3.05) is 19.8 Å². The fraction of sp³-hybridized carbons (Fsp3) is 0.217. The predicted octanol–water partition coefficient (Wildman–Crippen LogP) is 19.4. The maximum absolute atomic E-state index is 12.7. The van der Waals surface area contributed by atoms with Crippen LogP contribution in [0.15, 0.2) is 153 Å². The summed E-state index contributed by atoms with van der Waals surface area (Å²) in [6.45, 7) is 24.6. The smallest absolute Gasteiger partial charge is 0.200 e. The molecule has 5 heterocycles. The number of hydrogen-bond acceptors (Lipinski definition) is 21. The second-order valence-corrected chi connectivity index (χ2v) is 25.5. The maximum Gasteiger partial charge on any atom is 0.200 e. The molecule has 0 N–H and O–H groups in total. The number of ketones is 5. The molecule has 0 bridgehead atoms. The van der Waals surface area contributed by atoms with E-state index in [-0.39, 0.29) is 77.9 Å². The topological polar surface area (TPSA) is 242 Å². The minimum atomic E-state index is -0.332. The SMILES string of the molecule is C/C=C/C=C/C=C/c1c(S)c(C=O)cc2c1OCCC2=O.C/C=C/C=C/C=C/c1cc2c(c(C=O)c1S)OCCC2=O.C=Cc1c(/C=C/C)oc2c(C=O)c(S)c(C=O)c(C)c2c1=O.C=Cc1oc2c(C(C)=O)c(S)c(C)cc2c(=O)c1/C=C/C.CCCCC(=O)c1cc2c(c(C)c1S)OCCC2=O. The van der Waals surface area contributed by atoms with Gasteiger partial charge in [0, 0.05) is 78.0 Å². The van der Waals surface area contributed by atoms with Crippen LogP contribution in [0.1, 0.15) is 224 Å². The average molecular weight is 1490 g/mol. The second-order valence-electron chi connectivity index (χ2n) is 23.3. The Bertz CT molecular complexity index is 4990. The molecule has 0 atom stereocenters. The third-order valence-corrected chi connectivity index (χ3v) is 19.0. The molecule has 0 amide bonds. The van der Waals surface area contributed by atoms with Crippen molar-refractivity contribution in [3.63, 3.8) is 0 Å². The molecular formula is C83H80O16S5. The number of carbonyl (C=O) groups excluding carboxylic acids is 9. The Kier molecular flexibility index (Phi) is 31.7. The molecule has 0 unspecified atom stereocenters. The molecular weight excluding hydrogens is 1410 g/mol. The fourth-order valence-electron chi connectivity index (χ4n) is 11.1. The lowest BCUT2D eigenvalue weighted by Crippen LogP contribution is -2.18. The quantitative estimate of drug-likeness (QED) is 0.0219. The molecule has 0 aliphatic carbocycles. The third-order valence-electron chi connectivity index (χ3n) is 16.4. The number of fused-ring (bicyclic) bond motifs is 5. The minimum absolute atomic E-state index is 0.00760. The van der Waals surface area contributed by atoms with Crippen molar-refractivity contribution in [1.29, 1.82) is 0 Å². The van der Waals surface area contributed by atoms with Crippen LogP contribution in [-0.4, -0.2) is 73.9 Å². The first-order chi connectivity index (χ1) is 49.9. The van der Waals surface area contributed by atoms with E-state index in [1.165, 1.54) is 19.1 Å². The highest BCUT2D eigenvalue weighted by Gasteiger charge is 2.29. The number of allylic oxidation sites excluding steroid dienone is 12. The lowest BCUT2D eigenvalue weighted by molar-refractivity contribution is 0.0921.